The van der Waals surface area contributed by atoms with Crippen LogP contribution in [0, 0.1) is 24.2 Å². The zero-order valence-electron chi connectivity index (χ0n) is 18.2. The normalized spacial score (nSPS) is 23.4. The van der Waals surface area contributed by atoms with Crippen LogP contribution >= 0.6 is 0 Å². The molecule has 0 aliphatic heterocycles. The zero-order valence-corrected chi connectivity index (χ0v) is 18.2. The van der Waals surface area contributed by atoms with Crippen LogP contribution in [0.4, 0.5) is 0 Å². The van der Waals surface area contributed by atoms with E-state index in [2.05, 4.69) is 56.4 Å². The molecule has 1 unspecified atom stereocenters. The third kappa shape index (κ3) is 3.65. The maximum Gasteiger partial charge on any atom is 0.115 e. The van der Waals surface area contributed by atoms with Crippen LogP contribution in [0.5, 0.6) is 0 Å². The first-order valence-corrected chi connectivity index (χ1v) is 10.4. The highest BCUT2D eigenvalue weighted by Crippen LogP contribution is 2.53. The minimum Gasteiger partial charge on any atom is -0.390 e. The summed E-state index contributed by atoms with van der Waals surface area (Å²) < 4.78 is 0. The smallest absolute Gasteiger partial charge is 0.115 e. The maximum atomic E-state index is 10.6. The summed E-state index contributed by atoms with van der Waals surface area (Å²) >= 11 is 0. The first-order valence-electron chi connectivity index (χ1n) is 10.4. The van der Waals surface area contributed by atoms with E-state index in [0.717, 1.165) is 24.8 Å². The van der Waals surface area contributed by atoms with Crippen molar-refractivity contribution in [3.8, 4) is 11.1 Å². The molecule has 3 rings (SSSR count). The van der Waals surface area contributed by atoms with E-state index in [1.165, 1.54) is 27.8 Å². The molecule has 28 heavy (non-hydrogen) atoms. The van der Waals surface area contributed by atoms with Gasteiger partial charge in [0.05, 0.1) is 5.60 Å². The molecule has 1 heterocycles. The third-order valence-corrected chi connectivity index (χ3v) is 6.94. The molecular weight excluding hydrogens is 344 g/mol. The first kappa shape index (κ1) is 20.7. The second kappa shape index (κ2) is 7.44. The Morgan fingerprint density at radius 1 is 1.29 bits per heavy atom. The largest absolute Gasteiger partial charge is 0.390 e. The highest BCUT2D eigenvalue weighted by Gasteiger charge is 2.43. The van der Waals surface area contributed by atoms with Crippen molar-refractivity contribution in [3.63, 3.8) is 0 Å². The predicted octanol–water partition coefficient (Wildman–Crippen LogP) is 5.85. The molecule has 1 aromatic heterocycles. The van der Waals surface area contributed by atoms with Crippen LogP contribution in [0.25, 0.3) is 16.7 Å². The average Bonchev–Trinajstić information content (AvgIpc) is 2.61. The van der Waals surface area contributed by atoms with E-state index in [9.17, 15) is 5.11 Å². The molecule has 150 valence electrons. The van der Waals surface area contributed by atoms with Gasteiger partial charge < -0.3 is 5.11 Å². The Balaban J connectivity index is 2.15. The van der Waals surface area contributed by atoms with Crippen LogP contribution in [-0.4, -0.2) is 20.7 Å². The van der Waals surface area contributed by atoms with Crippen LogP contribution in [0.2, 0.25) is 0 Å². The maximum absolute atomic E-state index is 10.6. The number of allylic oxidation sites excluding steroid dienone is 1. The number of aliphatic hydroxyl groups is 1. The highest BCUT2D eigenvalue weighted by molar-refractivity contribution is 5.81. The number of benzene rings is 1. The predicted molar refractivity (Wildman–Crippen MR) is 117 cm³/mol. The van der Waals surface area contributed by atoms with Crippen LogP contribution < -0.4 is 0 Å². The van der Waals surface area contributed by atoms with E-state index in [4.69, 9.17) is 0 Å². The fourth-order valence-corrected chi connectivity index (χ4v) is 5.13. The number of hydrogen-bond donors (Lipinski definition) is 1. The molecule has 1 aliphatic rings. The van der Waals surface area contributed by atoms with Gasteiger partial charge in [-0.2, -0.15) is 0 Å². The van der Waals surface area contributed by atoms with E-state index in [1.807, 2.05) is 26.2 Å². The summed E-state index contributed by atoms with van der Waals surface area (Å²) in [5.41, 5.74) is 6.83. The third-order valence-electron chi connectivity index (χ3n) is 6.94. The number of aromatic nitrogens is 2. The Morgan fingerprint density at radius 2 is 1.93 bits per heavy atom. The second-order valence-electron chi connectivity index (χ2n) is 9.49. The molecule has 2 aromatic rings. The summed E-state index contributed by atoms with van der Waals surface area (Å²) in [7, 11) is 0. The lowest BCUT2D eigenvalue weighted by Crippen LogP contribution is -2.40. The Bertz CT molecular complexity index is 866. The molecule has 0 saturated carbocycles. The summed E-state index contributed by atoms with van der Waals surface area (Å²) in [5, 5.41) is 10.6. The summed E-state index contributed by atoms with van der Waals surface area (Å²) in [6.45, 7) is 17.4. The molecule has 0 radical (unpaired) electrons. The molecule has 3 atom stereocenters. The number of nitrogens with zero attached hydrogens (tertiary/aromatic N) is 2. The molecular formula is C25H34N2O. The topological polar surface area (TPSA) is 46.0 Å². The molecule has 1 aromatic carbocycles. The number of aryl methyl sites for hydroxylation is 1. The van der Waals surface area contributed by atoms with Gasteiger partial charge in [-0.15, -0.1) is 0 Å². The molecule has 3 nitrogen and oxygen atoms in total. The van der Waals surface area contributed by atoms with E-state index in [0.29, 0.717) is 5.92 Å². The Morgan fingerprint density at radius 3 is 2.50 bits per heavy atom. The molecule has 1 aliphatic carbocycles. The Labute approximate surface area is 170 Å². The van der Waals surface area contributed by atoms with Gasteiger partial charge in [-0.1, -0.05) is 39.5 Å². The minimum absolute atomic E-state index is 0.0520. The standard InChI is InChI=1S/C25H34N2O/c1-8-22-18(4)23-16(2)9-10-20(19-13-26-15-27-14-19)21(23)12-25(22,7)11-17(3)24(5,6)28/h9-10,13-15,17,22,28H,4,8,11-12H2,1-3,5-7H3/t17-,22?,25+/m0/s1. The van der Waals surface area contributed by atoms with Crippen molar-refractivity contribution in [2.75, 3.05) is 0 Å². The molecule has 0 fully saturated rings. The highest BCUT2D eigenvalue weighted by atomic mass is 16.3. The van der Waals surface area contributed by atoms with Gasteiger partial charge in [-0.05, 0) is 85.1 Å². The van der Waals surface area contributed by atoms with Crippen molar-refractivity contribution in [1.29, 1.82) is 0 Å². The summed E-state index contributed by atoms with van der Waals surface area (Å²) in [6, 6.07) is 4.40. The van der Waals surface area contributed by atoms with E-state index in [1.54, 1.807) is 6.33 Å². The summed E-state index contributed by atoms with van der Waals surface area (Å²) in [4.78, 5) is 8.47. The minimum atomic E-state index is -0.689. The molecule has 0 saturated heterocycles. The molecule has 0 spiro atoms. The van der Waals surface area contributed by atoms with E-state index < -0.39 is 5.60 Å². The van der Waals surface area contributed by atoms with Crippen molar-refractivity contribution < 1.29 is 5.11 Å². The first-order chi connectivity index (χ1) is 13.1. The molecule has 1 N–H and O–H groups in total. The van der Waals surface area contributed by atoms with Gasteiger partial charge >= 0.3 is 0 Å². The number of rotatable bonds is 5. The molecule has 0 bridgehead atoms. The van der Waals surface area contributed by atoms with Crippen molar-refractivity contribution in [2.24, 2.45) is 17.3 Å². The van der Waals surface area contributed by atoms with Gasteiger partial charge in [-0.25, -0.2) is 9.97 Å². The molecule has 3 heteroatoms. The van der Waals surface area contributed by atoms with Gasteiger partial charge in [0.15, 0.2) is 0 Å². The Kier molecular flexibility index (Phi) is 5.51. The van der Waals surface area contributed by atoms with Crippen molar-refractivity contribution in [2.45, 2.75) is 66.4 Å². The van der Waals surface area contributed by atoms with Crippen LogP contribution in [0.3, 0.4) is 0 Å². The average molecular weight is 379 g/mol. The SMILES string of the molecule is C=C1c2c(C)ccc(-c3cncnc3)c2C[C@@](C)(C[C@H](C)C(C)(C)O)C1CC. The second-order valence-corrected chi connectivity index (χ2v) is 9.49. The number of fused-ring (bicyclic) bond motifs is 1. The van der Waals surface area contributed by atoms with Gasteiger partial charge in [0.25, 0.3) is 0 Å². The van der Waals surface area contributed by atoms with Gasteiger partial charge in [0.2, 0.25) is 0 Å². The monoisotopic (exact) mass is 378 g/mol. The lowest BCUT2D eigenvalue weighted by atomic mass is 9.57. The molecule has 0 amide bonds. The van der Waals surface area contributed by atoms with Crippen molar-refractivity contribution in [1.82, 2.24) is 9.97 Å². The number of hydrogen-bond acceptors (Lipinski definition) is 3. The summed E-state index contributed by atoms with van der Waals surface area (Å²) in [6.07, 6.45) is 8.36. The van der Waals surface area contributed by atoms with Crippen LogP contribution in [-0.2, 0) is 6.42 Å². The van der Waals surface area contributed by atoms with E-state index >= 15 is 0 Å². The lowest BCUT2D eigenvalue weighted by molar-refractivity contribution is -0.00372. The Hall–Kier alpha value is -2.00. The summed E-state index contributed by atoms with van der Waals surface area (Å²) in [5.74, 6) is 0.611. The van der Waals surface area contributed by atoms with Gasteiger partial charge in [0.1, 0.15) is 6.33 Å². The van der Waals surface area contributed by atoms with Crippen LogP contribution in [0.15, 0.2) is 37.4 Å². The lowest BCUT2D eigenvalue weighted by Gasteiger charge is -2.47. The van der Waals surface area contributed by atoms with E-state index in [-0.39, 0.29) is 11.3 Å². The van der Waals surface area contributed by atoms with Gasteiger partial charge in [-0.3, -0.25) is 0 Å². The van der Waals surface area contributed by atoms with Crippen molar-refractivity contribution >= 4 is 5.57 Å². The quantitative estimate of drug-likeness (QED) is 0.710. The zero-order chi connectivity index (χ0) is 20.7. The van der Waals surface area contributed by atoms with Gasteiger partial charge in [0, 0.05) is 18.0 Å². The fourth-order valence-electron chi connectivity index (χ4n) is 5.13. The van der Waals surface area contributed by atoms with Crippen molar-refractivity contribution in [3.05, 3.63) is 54.1 Å². The fraction of sp³-hybridized carbons (Fsp3) is 0.520. The van der Waals surface area contributed by atoms with Crippen LogP contribution in [0.1, 0.15) is 64.2 Å².